The fourth-order valence-corrected chi connectivity index (χ4v) is 1.02. The summed E-state index contributed by atoms with van der Waals surface area (Å²) in [6.07, 6.45) is 1.57. The van der Waals surface area contributed by atoms with E-state index in [2.05, 4.69) is 18.7 Å². The molecule has 1 rings (SSSR count). The van der Waals surface area contributed by atoms with Gasteiger partial charge >= 0.3 is 0 Å². The molecular formula is C7H14NO. The van der Waals surface area contributed by atoms with Gasteiger partial charge in [-0.2, -0.15) is 0 Å². The zero-order valence-electron chi connectivity index (χ0n) is 5.97. The predicted octanol–water partition coefficient (Wildman–Crippen LogP) is 0.889. The molecule has 0 aromatic heterocycles. The van der Waals surface area contributed by atoms with Crippen LogP contribution < -0.4 is 0 Å². The Morgan fingerprint density at radius 1 is 1.78 bits per heavy atom. The number of hydrogen-bond acceptors (Lipinski definition) is 2. The zero-order chi connectivity index (χ0) is 6.69. The molecule has 1 aliphatic rings. The van der Waals surface area contributed by atoms with E-state index in [1.807, 2.05) is 0 Å². The molecule has 0 N–H and O–H groups in total. The van der Waals surface area contributed by atoms with Crippen molar-refractivity contribution in [1.29, 1.82) is 0 Å². The van der Waals surface area contributed by atoms with Gasteiger partial charge < -0.3 is 4.74 Å². The zero-order valence-corrected chi connectivity index (χ0v) is 5.97. The number of nitrogens with zero attached hydrogens (tertiary/aromatic N) is 1. The summed E-state index contributed by atoms with van der Waals surface area (Å²) >= 11 is 0. The Balaban J connectivity index is 2.19. The van der Waals surface area contributed by atoms with E-state index in [1.165, 1.54) is 6.42 Å². The van der Waals surface area contributed by atoms with Crippen LogP contribution in [0.15, 0.2) is 0 Å². The maximum absolute atomic E-state index is 5.26. The molecule has 0 bridgehead atoms. The summed E-state index contributed by atoms with van der Waals surface area (Å²) in [5.41, 5.74) is 0. The van der Waals surface area contributed by atoms with Crippen LogP contribution in [0.1, 0.15) is 13.3 Å². The lowest BCUT2D eigenvalue weighted by atomic mass is 10.3. The maximum atomic E-state index is 5.26. The molecule has 2 heteroatoms. The second kappa shape index (κ2) is 3.18. The fraction of sp³-hybridized carbons (Fsp3) is 0.857. The normalized spacial score (nSPS) is 26.3. The monoisotopic (exact) mass is 128 g/mol. The van der Waals surface area contributed by atoms with Gasteiger partial charge in [0.25, 0.3) is 0 Å². The highest BCUT2D eigenvalue weighted by Crippen LogP contribution is 2.14. The summed E-state index contributed by atoms with van der Waals surface area (Å²) < 4.78 is 5.26. The lowest BCUT2D eigenvalue weighted by Crippen LogP contribution is -2.44. The van der Waals surface area contributed by atoms with Gasteiger partial charge in [-0.1, -0.05) is 6.92 Å². The molecule has 1 radical (unpaired) electrons. The highest BCUT2D eigenvalue weighted by Gasteiger charge is 2.22. The Morgan fingerprint density at radius 2 is 2.44 bits per heavy atom. The summed E-state index contributed by atoms with van der Waals surface area (Å²) in [7, 11) is 0. The molecule has 0 amide bonds. The highest BCUT2D eigenvalue weighted by molar-refractivity contribution is 4.68. The van der Waals surface area contributed by atoms with Crippen molar-refractivity contribution in [2.75, 3.05) is 19.7 Å². The van der Waals surface area contributed by atoms with Crippen LogP contribution >= 0.6 is 0 Å². The molecule has 0 saturated carbocycles. The summed E-state index contributed by atoms with van der Waals surface area (Å²) in [4.78, 5) is 2.23. The van der Waals surface area contributed by atoms with Crippen molar-refractivity contribution in [2.24, 2.45) is 0 Å². The molecule has 1 unspecified atom stereocenters. The minimum atomic E-state index is 0.382. The van der Waals surface area contributed by atoms with Crippen molar-refractivity contribution in [1.82, 2.24) is 4.90 Å². The van der Waals surface area contributed by atoms with Gasteiger partial charge in [-0.25, -0.2) is 0 Å². The third kappa shape index (κ3) is 1.43. The molecule has 0 aromatic carbocycles. The molecule has 2 nitrogen and oxygen atoms in total. The molecule has 1 atom stereocenters. The van der Waals surface area contributed by atoms with Gasteiger partial charge in [-0.05, 0) is 13.5 Å². The molecule has 1 fully saturated rings. The topological polar surface area (TPSA) is 12.5 Å². The van der Waals surface area contributed by atoms with Crippen LogP contribution in [0.4, 0.5) is 0 Å². The van der Waals surface area contributed by atoms with Crippen molar-refractivity contribution < 1.29 is 4.74 Å². The molecule has 1 heterocycles. The molecule has 0 spiro atoms. The first-order valence-electron chi connectivity index (χ1n) is 3.53. The van der Waals surface area contributed by atoms with Crippen LogP contribution in [0, 0.1) is 6.92 Å². The van der Waals surface area contributed by atoms with E-state index in [4.69, 9.17) is 4.74 Å². The SMILES string of the molecule is [CH2]CN(CC)C1CCO1. The van der Waals surface area contributed by atoms with Crippen molar-refractivity contribution in [3.63, 3.8) is 0 Å². The molecule has 0 aromatic rings. The van der Waals surface area contributed by atoms with Crippen LogP contribution in [0.25, 0.3) is 0 Å². The Morgan fingerprint density at radius 3 is 2.56 bits per heavy atom. The van der Waals surface area contributed by atoms with Crippen LogP contribution in [-0.2, 0) is 4.74 Å². The van der Waals surface area contributed by atoms with Gasteiger partial charge in [0.05, 0.1) is 6.61 Å². The van der Waals surface area contributed by atoms with Crippen LogP contribution in [0.2, 0.25) is 0 Å². The predicted molar refractivity (Wildman–Crippen MR) is 37.0 cm³/mol. The first-order chi connectivity index (χ1) is 4.38. The van der Waals surface area contributed by atoms with E-state index >= 15 is 0 Å². The average molecular weight is 128 g/mol. The van der Waals surface area contributed by atoms with E-state index in [0.29, 0.717) is 6.23 Å². The van der Waals surface area contributed by atoms with E-state index in [9.17, 15) is 0 Å². The van der Waals surface area contributed by atoms with E-state index in [1.54, 1.807) is 0 Å². The number of ether oxygens (including phenoxy) is 1. The molecule has 53 valence electrons. The molecule has 0 aliphatic carbocycles. The standard InChI is InChI=1S/C7H14NO/c1-3-8(4-2)7-5-6-9-7/h7H,1,3-6H2,2H3. The molecule has 1 saturated heterocycles. The number of rotatable bonds is 3. The smallest absolute Gasteiger partial charge is 0.112 e. The van der Waals surface area contributed by atoms with Crippen molar-refractivity contribution in [3.05, 3.63) is 6.92 Å². The van der Waals surface area contributed by atoms with E-state index in [0.717, 1.165) is 19.7 Å². The van der Waals surface area contributed by atoms with Gasteiger partial charge in [0.2, 0.25) is 0 Å². The number of hydrogen-bond donors (Lipinski definition) is 0. The van der Waals surface area contributed by atoms with E-state index < -0.39 is 0 Å². The lowest BCUT2D eigenvalue weighted by molar-refractivity contribution is -0.139. The van der Waals surface area contributed by atoms with Gasteiger partial charge in [-0.3, -0.25) is 4.90 Å². The summed E-state index contributed by atoms with van der Waals surface area (Å²) in [6.45, 7) is 8.78. The van der Waals surface area contributed by atoms with Gasteiger partial charge in [0, 0.05) is 13.0 Å². The quantitative estimate of drug-likeness (QED) is 0.559. The third-order valence-corrected chi connectivity index (χ3v) is 1.78. The third-order valence-electron chi connectivity index (χ3n) is 1.78. The lowest BCUT2D eigenvalue weighted by Gasteiger charge is -2.35. The van der Waals surface area contributed by atoms with Gasteiger partial charge in [0.15, 0.2) is 0 Å². The van der Waals surface area contributed by atoms with Crippen molar-refractivity contribution in [2.45, 2.75) is 19.6 Å². The minimum Gasteiger partial charge on any atom is -0.363 e. The largest absolute Gasteiger partial charge is 0.363 e. The Bertz CT molecular complexity index is 77.0. The van der Waals surface area contributed by atoms with E-state index in [-0.39, 0.29) is 0 Å². The van der Waals surface area contributed by atoms with Crippen molar-refractivity contribution in [3.8, 4) is 0 Å². The summed E-state index contributed by atoms with van der Waals surface area (Å²) in [6, 6.07) is 0. The molecule has 1 aliphatic heterocycles. The van der Waals surface area contributed by atoms with Gasteiger partial charge in [0.1, 0.15) is 6.23 Å². The Hall–Kier alpha value is -0.0800. The fourth-order valence-electron chi connectivity index (χ4n) is 1.02. The maximum Gasteiger partial charge on any atom is 0.112 e. The first kappa shape index (κ1) is 7.03. The summed E-state index contributed by atoms with van der Waals surface area (Å²) in [5.74, 6) is 0. The second-order valence-electron chi connectivity index (χ2n) is 2.24. The van der Waals surface area contributed by atoms with Gasteiger partial charge in [-0.15, -0.1) is 0 Å². The second-order valence-corrected chi connectivity index (χ2v) is 2.24. The molecule has 9 heavy (non-hydrogen) atoms. The van der Waals surface area contributed by atoms with Crippen LogP contribution in [0.3, 0.4) is 0 Å². The Kier molecular flexibility index (Phi) is 2.49. The Labute approximate surface area is 56.8 Å². The van der Waals surface area contributed by atoms with Crippen LogP contribution in [-0.4, -0.2) is 30.8 Å². The summed E-state index contributed by atoms with van der Waals surface area (Å²) in [5, 5.41) is 0. The minimum absolute atomic E-state index is 0.382. The highest BCUT2D eigenvalue weighted by atomic mass is 16.5. The van der Waals surface area contributed by atoms with Crippen LogP contribution in [0.5, 0.6) is 0 Å². The van der Waals surface area contributed by atoms with Crippen molar-refractivity contribution >= 4 is 0 Å². The molecular weight excluding hydrogens is 114 g/mol. The average Bonchev–Trinajstić information content (AvgIpc) is 1.78. The first-order valence-corrected chi connectivity index (χ1v) is 3.53.